The van der Waals surface area contributed by atoms with Crippen molar-refractivity contribution in [1.82, 2.24) is 0 Å². The summed E-state index contributed by atoms with van der Waals surface area (Å²) < 4.78 is 27.5. The highest BCUT2D eigenvalue weighted by Crippen LogP contribution is 2.27. The summed E-state index contributed by atoms with van der Waals surface area (Å²) >= 11 is 4.82. The zero-order valence-electron chi connectivity index (χ0n) is 10.2. The minimum atomic E-state index is -0.536. The highest BCUT2D eigenvalue weighted by Gasteiger charge is 2.13. The molecule has 0 aliphatic carbocycles. The van der Waals surface area contributed by atoms with E-state index in [2.05, 4.69) is 5.32 Å². The molecule has 5 heteroatoms. The van der Waals surface area contributed by atoms with Crippen molar-refractivity contribution in [3.05, 3.63) is 59.2 Å². The van der Waals surface area contributed by atoms with Gasteiger partial charge in [-0.3, -0.25) is 0 Å². The highest BCUT2D eigenvalue weighted by atomic mass is 32.1. The molecule has 0 heterocycles. The zero-order chi connectivity index (χ0) is 14.0. The predicted octanol–water partition coefficient (Wildman–Crippen LogP) is 3.65. The molecular weight excluding hydrogens is 266 g/mol. The smallest absolute Gasteiger partial charge is 0.146 e. The van der Waals surface area contributed by atoms with Crippen molar-refractivity contribution in [2.75, 3.05) is 5.32 Å². The molecule has 98 valence electrons. The van der Waals surface area contributed by atoms with Crippen LogP contribution in [0, 0.1) is 18.6 Å². The largest absolute Gasteiger partial charge is 0.389 e. The van der Waals surface area contributed by atoms with E-state index in [9.17, 15) is 8.78 Å². The zero-order valence-corrected chi connectivity index (χ0v) is 11.0. The van der Waals surface area contributed by atoms with Gasteiger partial charge in [-0.15, -0.1) is 0 Å². The van der Waals surface area contributed by atoms with E-state index in [4.69, 9.17) is 18.0 Å². The Balaban J connectivity index is 2.50. The first kappa shape index (κ1) is 13.4. The second-order valence-electron chi connectivity index (χ2n) is 4.08. The van der Waals surface area contributed by atoms with E-state index >= 15 is 0 Å². The summed E-state index contributed by atoms with van der Waals surface area (Å²) in [6.45, 7) is 1.76. The van der Waals surface area contributed by atoms with E-state index in [0.717, 1.165) is 0 Å². The number of halogens is 2. The summed E-state index contributed by atoms with van der Waals surface area (Å²) in [5.74, 6) is -0.954. The molecular formula is C14H12F2N2S. The van der Waals surface area contributed by atoms with Crippen LogP contribution >= 0.6 is 12.2 Å². The molecule has 0 aliphatic rings. The molecule has 0 aliphatic heterocycles. The number of rotatable bonds is 3. The normalized spacial score (nSPS) is 10.3. The summed E-state index contributed by atoms with van der Waals surface area (Å²) in [6.07, 6.45) is 0. The van der Waals surface area contributed by atoms with Gasteiger partial charge in [0.25, 0.3) is 0 Å². The van der Waals surface area contributed by atoms with Crippen LogP contribution in [0.4, 0.5) is 20.2 Å². The number of aryl methyl sites for hydroxylation is 1. The molecule has 2 rings (SSSR count). The van der Waals surface area contributed by atoms with Crippen LogP contribution in [0.2, 0.25) is 0 Å². The number of benzene rings is 2. The quantitative estimate of drug-likeness (QED) is 0.842. The Morgan fingerprint density at radius 1 is 1.11 bits per heavy atom. The summed E-state index contributed by atoms with van der Waals surface area (Å²) in [5.41, 5.74) is 6.92. The topological polar surface area (TPSA) is 38.0 Å². The summed E-state index contributed by atoms with van der Waals surface area (Å²) in [4.78, 5) is -0.0745. The fourth-order valence-electron chi connectivity index (χ4n) is 1.80. The van der Waals surface area contributed by atoms with Crippen molar-refractivity contribution >= 4 is 28.6 Å². The van der Waals surface area contributed by atoms with Crippen LogP contribution < -0.4 is 11.1 Å². The van der Waals surface area contributed by atoms with Crippen LogP contribution in [0.5, 0.6) is 0 Å². The number of anilines is 2. The Kier molecular flexibility index (Phi) is 3.76. The SMILES string of the molecule is Cc1cccc(F)c1Nc1cccc(F)c1C(N)=S. The van der Waals surface area contributed by atoms with E-state index in [0.29, 0.717) is 11.3 Å². The Bertz CT molecular complexity index is 621. The molecule has 0 fully saturated rings. The van der Waals surface area contributed by atoms with Gasteiger partial charge in [0.15, 0.2) is 0 Å². The van der Waals surface area contributed by atoms with Gasteiger partial charge >= 0.3 is 0 Å². The van der Waals surface area contributed by atoms with Gasteiger partial charge in [-0.05, 0) is 30.7 Å². The number of hydrogen-bond acceptors (Lipinski definition) is 2. The number of para-hydroxylation sites is 1. The van der Waals surface area contributed by atoms with E-state index in [1.165, 1.54) is 18.2 Å². The van der Waals surface area contributed by atoms with Crippen LogP contribution in [0.15, 0.2) is 36.4 Å². The fourth-order valence-corrected chi connectivity index (χ4v) is 2.01. The summed E-state index contributed by atoms with van der Waals surface area (Å²) in [7, 11) is 0. The molecule has 2 aromatic rings. The Morgan fingerprint density at radius 3 is 2.37 bits per heavy atom. The Hall–Kier alpha value is -2.01. The molecule has 0 spiro atoms. The van der Waals surface area contributed by atoms with Crippen LogP contribution in [-0.2, 0) is 0 Å². The van der Waals surface area contributed by atoms with Gasteiger partial charge in [-0.2, -0.15) is 0 Å². The minimum absolute atomic E-state index is 0.0745. The maximum atomic E-state index is 13.7. The van der Waals surface area contributed by atoms with Gasteiger partial charge in [0, 0.05) is 0 Å². The molecule has 0 amide bonds. The van der Waals surface area contributed by atoms with E-state index < -0.39 is 11.6 Å². The van der Waals surface area contributed by atoms with E-state index in [1.807, 2.05) is 0 Å². The Labute approximate surface area is 115 Å². The fraction of sp³-hybridized carbons (Fsp3) is 0.0714. The molecule has 19 heavy (non-hydrogen) atoms. The monoisotopic (exact) mass is 278 g/mol. The van der Waals surface area contributed by atoms with Gasteiger partial charge in [-0.1, -0.05) is 30.4 Å². The molecule has 3 N–H and O–H groups in total. The first-order chi connectivity index (χ1) is 9.00. The van der Waals surface area contributed by atoms with E-state index in [-0.39, 0.29) is 16.2 Å². The Morgan fingerprint density at radius 2 is 1.74 bits per heavy atom. The summed E-state index contributed by atoms with van der Waals surface area (Å²) in [6, 6.07) is 9.06. The van der Waals surface area contributed by atoms with Crippen molar-refractivity contribution in [3.8, 4) is 0 Å². The third-order valence-electron chi connectivity index (χ3n) is 2.74. The lowest BCUT2D eigenvalue weighted by Gasteiger charge is -2.14. The lowest BCUT2D eigenvalue weighted by atomic mass is 10.1. The molecule has 0 unspecified atom stereocenters. The van der Waals surface area contributed by atoms with Crippen molar-refractivity contribution < 1.29 is 8.78 Å². The minimum Gasteiger partial charge on any atom is -0.389 e. The maximum Gasteiger partial charge on any atom is 0.146 e. The summed E-state index contributed by atoms with van der Waals surface area (Å²) in [5, 5.41) is 2.85. The lowest BCUT2D eigenvalue weighted by Crippen LogP contribution is -2.14. The molecule has 0 radical (unpaired) electrons. The lowest BCUT2D eigenvalue weighted by molar-refractivity contribution is 0.624. The molecule has 0 atom stereocenters. The second kappa shape index (κ2) is 5.32. The number of nitrogens with one attached hydrogen (secondary N) is 1. The molecule has 2 aromatic carbocycles. The predicted molar refractivity (Wildman–Crippen MR) is 76.7 cm³/mol. The second-order valence-corrected chi connectivity index (χ2v) is 4.52. The van der Waals surface area contributed by atoms with Crippen molar-refractivity contribution in [1.29, 1.82) is 0 Å². The van der Waals surface area contributed by atoms with Crippen molar-refractivity contribution in [2.24, 2.45) is 5.73 Å². The third kappa shape index (κ3) is 2.71. The van der Waals surface area contributed by atoms with Gasteiger partial charge in [0.1, 0.15) is 16.6 Å². The van der Waals surface area contributed by atoms with Gasteiger partial charge < -0.3 is 11.1 Å². The molecule has 0 saturated heterocycles. The number of nitrogens with two attached hydrogens (primary N) is 1. The van der Waals surface area contributed by atoms with Gasteiger partial charge in [0.05, 0.1) is 16.9 Å². The van der Waals surface area contributed by atoms with Crippen molar-refractivity contribution in [3.63, 3.8) is 0 Å². The van der Waals surface area contributed by atoms with Crippen LogP contribution in [0.1, 0.15) is 11.1 Å². The molecule has 0 saturated carbocycles. The standard InChI is InChI=1S/C14H12F2N2S/c1-8-4-2-6-10(16)13(8)18-11-7-3-5-9(15)12(11)14(17)19/h2-7,18H,1H3,(H2,17,19). The number of hydrogen-bond donors (Lipinski definition) is 2. The van der Waals surface area contributed by atoms with Gasteiger partial charge in [0.2, 0.25) is 0 Å². The average molecular weight is 278 g/mol. The average Bonchev–Trinajstić information content (AvgIpc) is 2.33. The first-order valence-electron chi connectivity index (χ1n) is 5.61. The molecule has 2 nitrogen and oxygen atoms in total. The molecule has 0 aromatic heterocycles. The maximum absolute atomic E-state index is 13.7. The van der Waals surface area contributed by atoms with Crippen molar-refractivity contribution in [2.45, 2.75) is 6.92 Å². The van der Waals surface area contributed by atoms with Crippen LogP contribution in [0.25, 0.3) is 0 Å². The van der Waals surface area contributed by atoms with E-state index in [1.54, 1.807) is 25.1 Å². The van der Waals surface area contributed by atoms with Gasteiger partial charge in [-0.25, -0.2) is 8.78 Å². The highest BCUT2D eigenvalue weighted by molar-refractivity contribution is 7.80. The van der Waals surface area contributed by atoms with Crippen LogP contribution in [0.3, 0.4) is 0 Å². The third-order valence-corrected chi connectivity index (χ3v) is 2.95. The first-order valence-corrected chi connectivity index (χ1v) is 6.02. The molecule has 0 bridgehead atoms. The van der Waals surface area contributed by atoms with Crippen LogP contribution in [-0.4, -0.2) is 4.99 Å². The number of thiocarbonyl (C=S) groups is 1.